The molecular formula is C28H34F3N9O2. The number of alkyl halides is 3. The number of aliphatic carboxylic acids is 1. The maximum atomic E-state index is 10.6. The SMILES string of the molecule is Cc1cccc(N2CCCN(c3nc(NCC4CCCn5ccnc54)nc4ncn(C)c34)CC2)c1.O=C(O)C(F)(F)F. The third-order valence-electron chi connectivity index (χ3n) is 7.53. The molecule has 0 spiro atoms. The maximum absolute atomic E-state index is 10.6. The summed E-state index contributed by atoms with van der Waals surface area (Å²) in [4.78, 5) is 32.7. The van der Waals surface area contributed by atoms with Crippen LogP contribution >= 0.6 is 0 Å². The van der Waals surface area contributed by atoms with Gasteiger partial charge in [0.1, 0.15) is 11.3 Å². The summed E-state index contributed by atoms with van der Waals surface area (Å²) < 4.78 is 36.0. The van der Waals surface area contributed by atoms with Gasteiger partial charge in [0.05, 0.1) is 6.33 Å². The van der Waals surface area contributed by atoms with Gasteiger partial charge >= 0.3 is 12.1 Å². The van der Waals surface area contributed by atoms with Gasteiger partial charge in [0.2, 0.25) is 5.95 Å². The predicted octanol–water partition coefficient (Wildman–Crippen LogP) is 4.21. The first-order chi connectivity index (χ1) is 20.1. The zero-order valence-electron chi connectivity index (χ0n) is 23.5. The second kappa shape index (κ2) is 12.2. The fourth-order valence-electron chi connectivity index (χ4n) is 5.46. The monoisotopic (exact) mass is 585 g/mol. The van der Waals surface area contributed by atoms with E-state index in [4.69, 9.17) is 19.9 Å². The van der Waals surface area contributed by atoms with E-state index >= 15 is 0 Å². The van der Waals surface area contributed by atoms with Crippen LogP contribution in [0.2, 0.25) is 0 Å². The molecule has 1 atom stereocenters. The number of carbonyl (C=O) groups is 1. The molecule has 2 aliphatic heterocycles. The normalized spacial score (nSPS) is 17.3. The van der Waals surface area contributed by atoms with Crippen LogP contribution in [-0.4, -0.2) is 79.0 Å². The molecule has 0 saturated carbocycles. The number of benzene rings is 1. The van der Waals surface area contributed by atoms with Crippen LogP contribution < -0.4 is 15.1 Å². The molecule has 1 saturated heterocycles. The lowest BCUT2D eigenvalue weighted by Crippen LogP contribution is -2.31. The first-order valence-corrected chi connectivity index (χ1v) is 13.9. The molecule has 0 radical (unpaired) electrons. The molecule has 6 rings (SSSR count). The van der Waals surface area contributed by atoms with E-state index in [9.17, 15) is 13.2 Å². The lowest BCUT2D eigenvalue weighted by molar-refractivity contribution is -0.192. The number of aromatic nitrogens is 6. The Hall–Kier alpha value is -4.36. The van der Waals surface area contributed by atoms with Gasteiger partial charge in [0, 0.05) is 70.3 Å². The Balaban J connectivity index is 0.000000451. The van der Waals surface area contributed by atoms with Crippen molar-refractivity contribution in [3.63, 3.8) is 0 Å². The van der Waals surface area contributed by atoms with Crippen molar-refractivity contribution in [3.05, 3.63) is 54.4 Å². The third-order valence-corrected chi connectivity index (χ3v) is 7.53. The molecule has 14 heteroatoms. The predicted molar refractivity (Wildman–Crippen MR) is 153 cm³/mol. The minimum atomic E-state index is -5.08. The first-order valence-electron chi connectivity index (χ1n) is 13.9. The molecule has 2 N–H and O–H groups in total. The highest BCUT2D eigenvalue weighted by Gasteiger charge is 2.38. The standard InChI is InChI=1S/C26H33N9.C2HF3O2/c1-19-6-3-8-21(16-19)33-11-5-12-35(15-14-33)25-22-23(29-18-32(22)2)30-26(31-25)28-17-20-7-4-10-34-13-9-27-24(20)34;3-2(4,5)1(6)7/h3,6,8-9,13,16,18,20H,4-5,7,10-12,14-15,17H2,1-2H3,(H,28,30,31);(H,6,7). The molecule has 0 amide bonds. The Labute approximate surface area is 241 Å². The number of fused-ring (bicyclic) bond motifs is 2. The number of nitrogens with one attached hydrogen (secondary N) is 1. The number of halogens is 3. The van der Waals surface area contributed by atoms with E-state index in [-0.39, 0.29) is 0 Å². The van der Waals surface area contributed by atoms with Crippen LogP contribution in [0.25, 0.3) is 11.2 Å². The van der Waals surface area contributed by atoms with Crippen LogP contribution in [0.1, 0.15) is 36.6 Å². The van der Waals surface area contributed by atoms with Gasteiger partial charge in [-0.25, -0.2) is 14.8 Å². The molecular weight excluding hydrogens is 551 g/mol. The molecule has 4 aromatic rings. The van der Waals surface area contributed by atoms with E-state index in [1.54, 1.807) is 0 Å². The topological polar surface area (TPSA) is 117 Å². The zero-order valence-corrected chi connectivity index (χ0v) is 23.5. The summed E-state index contributed by atoms with van der Waals surface area (Å²) in [5, 5.41) is 10.6. The highest BCUT2D eigenvalue weighted by Crippen LogP contribution is 2.29. The largest absolute Gasteiger partial charge is 0.490 e. The molecule has 1 fully saturated rings. The molecule has 5 heterocycles. The van der Waals surface area contributed by atoms with Crippen molar-refractivity contribution in [2.75, 3.05) is 47.8 Å². The summed E-state index contributed by atoms with van der Waals surface area (Å²) in [6.07, 6.45) is 4.11. The van der Waals surface area contributed by atoms with Crippen molar-refractivity contribution in [2.45, 2.75) is 44.8 Å². The van der Waals surface area contributed by atoms with Gasteiger partial charge in [0.15, 0.2) is 11.5 Å². The van der Waals surface area contributed by atoms with Crippen molar-refractivity contribution in [1.82, 2.24) is 29.1 Å². The van der Waals surface area contributed by atoms with E-state index in [2.05, 4.69) is 67.0 Å². The van der Waals surface area contributed by atoms with Crippen LogP contribution in [0.5, 0.6) is 0 Å². The van der Waals surface area contributed by atoms with Crippen LogP contribution in [-0.2, 0) is 18.4 Å². The number of hydrogen-bond donors (Lipinski definition) is 2. The average Bonchev–Trinajstić information content (AvgIpc) is 3.50. The molecule has 42 heavy (non-hydrogen) atoms. The van der Waals surface area contributed by atoms with Gasteiger partial charge < -0.3 is 29.4 Å². The van der Waals surface area contributed by atoms with E-state index in [1.807, 2.05) is 24.1 Å². The highest BCUT2D eigenvalue weighted by molar-refractivity contribution is 5.85. The quantitative estimate of drug-likeness (QED) is 0.355. The Morgan fingerprint density at radius 1 is 1.07 bits per heavy atom. The number of hydrogen-bond acceptors (Lipinski definition) is 8. The number of imidazole rings is 2. The van der Waals surface area contributed by atoms with Crippen LogP contribution in [0.15, 0.2) is 43.0 Å². The summed E-state index contributed by atoms with van der Waals surface area (Å²) in [6.45, 7) is 7.85. The molecule has 2 aliphatic rings. The first kappa shape index (κ1) is 29.1. The highest BCUT2D eigenvalue weighted by atomic mass is 19.4. The fourth-order valence-corrected chi connectivity index (χ4v) is 5.46. The molecule has 1 aromatic carbocycles. The van der Waals surface area contributed by atoms with Crippen LogP contribution in [0, 0.1) is 6.92 Å². The van der Waals surface area contributed by atoms with Crippen molar-refractivity contribution in [2.24, 2.45) is 7.05 Å². The molecule has 11 nitrogen and oxygen atoms in total. The maximum Gasteiger partial charge on any atom is 0.490 e. The summed E-state index contributed by atoms with van der Waals surface area (Å²) in [5.74, 6) is 0.383. The van der Waals surface area contributed by atoms with E-state index in [0.717, 1.165) is 74.9 Å². The minimum absolute atomic E-state index is 0.367. The van der Waals surface area contributed by atoms with Gasteiger partial charge in [-0.15, -0.1) is 0 Å². The Kier molecular flexibility index (Phi) is 8.50. The molecule has 1 unspecified atom stereocenters. The molecule has 0 bridgehead atoms. The summed E-state index contributed by atoms with van der Waals surface area (Å²) in [7, 11) is 2.02. The molecule has 0 aliphatic carbocycles. The number of anilines is 3. The lowest BCUT2D eigenvalue weighted by atomic mass is 9.99. The summed E-state index contributed by atoms with van der Waals surface area (Å²) in [6, 6.07) is 8.79. The average molecular weight is 586 g/mol. The minimum Gasteiger partial charge on any atom is -0.475 e. The second-order valence-electron chi connectivity index (χ2n) is 10.6. The van der Waals surface area contributed by atoms with Crippen molar-refractivity contribution < 1.29 is 23.1 Å². The van der Waals surface area contributed by atoms with Gasteiger partial charge in [-0.2, -0.15) is 23.1 Å². The van der Waals surface area contributed by atoms with E-state index in [1.165, 1.54) is 17.7 Å². The lowest BCUT2D eigenvalue weighted by Gasteiger charge is -2.26. The summed E-state index contributed by atoms with van der Waals surface area (Å²) in [5.41, 5.74) is 4.33. The number of nitrogens with zero attached hydrogens (tertiary/aromatic N) is 8. The van der Waals surface area contributed by atoms with Crippen LogP contribution in [0.4, 0.5) is 30.6 Å². The van der Waals surface area contributed by atoms with Crippen molar-refractivity contribution in [3.8, 4) is 0 Å². The zero-order chi connectivity index (χ0) is 29.9. The fraction of sp³-hybridized carbons (Fsp3) is 0.464. The number of carboxylic acids is 1. The number of aryl methyl sites for hydroxylation is 3. The van der Waals surface area contributed by atoms with Crippen molar-refractivity contribution in [1.29, 1.82) is 0 Å². The third kappa shape index (κ3) is 6.58. The van der Waals surface area contributed by atoms with Crippen LogP contribution in [0.3, 0.4) is 0 Å². The van der Waals surface area contributed by atoms with Gasteiger partial charge in [-0.05, 0) is 43.9 Å². The van der Waals surface area contributed by atoms with Gasteiger partial charge in [0.25, 0.3) is 0 Å². The Morgan fingerprint density at radius 2 is 1.83 bits per heavy atom. The second-order valence-corrected chi connectivity index (χ2v) is 10.6. The smallest absolute Gasteiger partial charge is 0.475 e. The van der Waals surface area contributed by atoms with Gasteiger partial charge in [-0.1, -0.05) is 12.1 Å². The Morgan fingerprint density at radius 3 is 2.60 bits per heavy atom. The molecule has 3 aromatic heterocycles. The van der Waals surface area contributed by atoms with Gasteiger partial charge in [-0.3, -0.25) is 0 Å². The summed E-state index contributed by atoms with van der Waals surface area (Å²) >= 11 is 0. The van der Waals surface area contributed by atoms with E-state index < -0.39 is 12.1 Å². The van der Waals surface area contributed by atoms with E-state index in [0.29, 0.717) is 11.9 Å². The Bertz CT molecular complexity index is 1530. The van der Waals surface area contributed by atoms with Crippen molar-refractivity contribution >= 4 is 34.6 Å². The molecule has 224 valence electrons. The number of carboxylic acid groups (broad SMARTS) is 1. The number of rotatable bonds is 5.